The Hall–Kier alpha value is -5.10. The summed E-state index contributed by atoms with van der Waals surface area (Å²) in [6.07, 6.45) is 3.48. The standard InChI is InChI=1S/C26H20N6O5S/c1-17-16-25(30-37-17)31-38(35,36)21-13-9-19(10-14-21)27-26-22-4-2-3-5-23(22)28-24(29-26)15-8-18-6-11-20(12-7-18)32(33)34/h2-16H,1H3,(H,30,31)(H,27,28,29)/b15-8+. The molecule has 0 aliphatic rings. The Morgan fingerprint density at radius 2 is 1.68 bits per heavy atom. The minimum Gasteiger partial charge on any atom is -0.360 e. The lowest BCUT2D eigenvalue weighted by Crippen LogP contribution is -2.13. The van der Waals surface area contributed by atoms with E-state index < -0.39 is 14.9 Å². The molecule has 0 fully saturated rings. The number of nitrogens with zero attached hydrogens (tertiary/aromatic N) is 4. The fourth-order valence-electron chi connectivity index (χ4n) is 3.61. The maximum Gasteiger partial charge on any atom is 0.269 e. The van der Waals surface area contributed by atoms with Gasteiger partial charge in [-0.15, -0.1) is 0 Å². The summed E-state index contributed by atoms with van der Waals surface area (Å²) in [5, 5.41) is 18.5. The van der Waals surface area contributed by atoms with Gasteiger partial charge in [-0.1, -0.05) is 23.4 Å². The number of anilines is 3. The first-order valence-electron chi connectivity index (χ1n) is 11.3. The smallest absolute Gasteiger partial charge is 0.269 e. The van der Waals surface area contributed by atoms with Crippen molar-refractivity contribution in [3.8, 4) is 0 Å². The second-order valence-electron chi connectivity index (χ2n) is 8.21. The quantitative estimate of drug-likeness (QED) is 0.195. The third kappa shape index (κ3) is 5.50. The summed E-state index contributed by atoms with van der Waals surface area (Å²) in [5.74, 6) is 1.55. The molecule has 38 heavy (non-hydrogen) atoms. The molecule has 190 valence electrons. The van der Waals surface area contributed by atoms with E-state index in [0.29, 0.717) is 28.6 Å². The van der Waals surface area contributed by atoms with Crippen molar-refractivity contribution >= 4 is 56.1 Å². The summed E-state index contributed by atoms with van der Waals surface area (Å²) in [5.41, 5.74) is 2.10. The van der Waals surface area contributed by atoms with Crippen molar-refractivity contribution in [3.05, 3.63) is 106 Å². The number of nitro benzene ring substituents is 1. The number of aryl methyl sites for hydroxylation is 1. The van der Waals surface area contributed by atoms with E-state index in [0.717, 1.165) is 10.9 Å². The first-order chi connectivity index (χ1) is 18.3. The fourth-order valence-corrected chi connectivity index (χ4v) is 4.59. The van der Waals surface area contributed by atoms with Gasteiger partial charge in [0.1, 0.15) is 11.6 Å². The number of rotatable bonds is 8. The number of hydrogen-bond donors (Lipinski definition) is 2. The minimum absolute atomic E-state index is 0.0124. The van der Waals surface area contributed by atoms with Crippen LogP contribution in [0.1, 0.15) is 17.1 Å². The van der Waals surface area contributed by atoms with Crippen LogP contribution < -0.4 is 10.0 Å². The zero-order valence-electron chi connectivity index (χ0n) is 19.9. The van der Waals surface area contributed by atoms with Crippen LogP contribution in [0.25, 0.3) is 23.1 Å². The molecule has 0 atom stereocenters. The van der Waals surface area contributed by atoms with Gasteiger partial charge in [0, 0.05) is 29.3 Å². The molecule has 0 amide bonds. The zero-order valence-corrected chi connectivity index (χ0v) is 20.7. The molecule has 0 aliphatic carbocycles. The minimum atomic E-state index is -3.84. The lowest BCUT2D eigenvalue weighted by atomic mass is 10.2. The number of non-ortho nitro benzene ring substituents is 1. The molecule has 5 rings (SSSR count). The average molecular weight is 529 g/mol. The molecule has 12 heteroatoms. The van der Waals surface area contributed by atoms with Gasteiger partial charge in [0.15, 0.2) is 11.6 Å². The van der Waals surface area contributed by atoms with Gasteiger partial charge in [-0.25, -0.2) is 18.4 Å². The van der Waals surface area contributed by atoms with Crippen LogP contribution in [0.5, 0.6) is 0 Å². The fraction of sp³-hybridized carbons (Fsp3) is 0.0385. The molecule has 0 saturated heterocycles. The van der Waals surface area contributed by atoms with Crippen LogP contribution in [0.15, 0.2) is 88.3 Å². The Morgan fingerprint density at radius 3 is 2.37 bits per heavy atom. The van der Waals surface area contributed by atoms with Crippen molar-refractivity contribution in [3.63, 3.8) is 0 Å². The zero-order chi connectivity index (χ0) is 26.7. The molecule has 0 aliphatic heterocycles. The summed E-state index contributed by atoms with van der Waals surface area (Å²) in [6, 6.07) is 21.3. The van der Waals surface area contributed by atoms with Crippen LogP contribution in [0.2, 0.25) is 0 Å². The number of para-hydroxylation sites is 1. The van der Waals surface area contributed by atoms with E-state index in [1.165, 1.54) is 30.3 Å². The molecule has 2 N–H and O–H groups in total. The van der Waals surface area contributed by atoms with Crippen molar-refractivity contribution < 1.29 is 17.9 Å². The van der Waals surface area contributed by atoms with Gasteiger partial charge < -0.3 is 9.84 Å². The van der Waals surface area contributed by atoms with Crippen molar-refractivity contribution in [2.24, 2.45) is 0 Å². The van der Waals surface area contributed by atoms with Gasteiger partial charge in [-0.2, -0.15) is 0 Å². The molecule has 2 aromatic heterocycles. The number of benzene rings is 3. The molecule has 3 aromatic carbocycles. The molecule has 0 unspecified atom stereocenters. The van der Waals surface area contributed by atoms with Gasteiger partial charge in [0.2, 0.25) is 0 Å². The normalized spacial score (nSPS) is 11.6. The van der Waals surface area contributed by atoms with E-state index in [-0.39, 0.29) is 16.4 Å². The topological polar surface area (TPSA) is 153 Å². The Balaban J connectivity index is 1.39. The number of fused-ring (bicyclic) bond motifs is 1. The Kier molecular flexibility index (Phi) is 6.54. The van der Waals surface area contributed by atoms with Crippen LogP contribution in [0.4, 0.5) is 23.0 Å². The average Bonchev–Trinajstić information content (AvgIpc) is 3.31. The number of sulfonamides is 1. The second kappa shape index (κ2) is 10.1. The number of nitro groups is 1. The molecule has 2 heterocycles. The van der Waals surface area contributed by atoms with Crippen molar-refractivity contribution in [2.45, 2.75) is 11.8 Å². The van der Waals surface area contributed by atoms with E-state index in [1.807, 2.05) is 24.3 Å². The first kappa shape index (κ1) is 24.6. The lowest BCUT2D eigenvalue weighted by Gasteiger charge is -2.11. The predicted octanol–water partition coefficient (Wildman–Crippen LogP) is 5.55. The summed E-state index contributed by atoms with van der Waals surface area (Å²) < 4.78 is 32.6. The van der Waals surface area contributed by atoms with E-state index in [1.54, 1.807) is 43.3 Å². The third-order valence-corrected chi connectivity index (χ3v) is 6.81. The third-order valence-electron chi connectivity index (χ3n) is 5.44. The van der Waals surface area contributed by atoms with Gasteiger partial charge >= 0.3 is 0 Å². The highest BCUT2D eigenvalue weighted by Crippen LogP contribution is 2.26. The van der Waals surface area contributed by atoms with E-state index in [9.17, 15) is 18.5 Å². The largest absolute Gasteiger partial charge is 0.360 e. The Bertz CT molecular complexity index is 1760. The molecule has 5 aromatic rings. The van der Waals surface area contributed by atoms with Crippen LogP contribution >= 0.6 is 0 Å². The second-order valence-corrected chi connectivity index (χ2v) is 9.89. The van der Waals surface area contributed by atoms with Crippen LogP contribution in [-0.4, -0.2) is 28.5 Å². The number of hydrogen-bond acceptors (Lipinski definition) is 9. The summed E-state index contributed by atoms with van der Waals surface area (Å²) in [7, 11) is -3.84. The van der Waals surface area contributed by atoms with E-state index in [4.69, 9.17) is 4.52 Å². The van der Waals surface area contributed by atoms with Gasteiger partial charge in [-0.3, -0.25) is 14.8 Å². The molecule has 0 radical (unpaired) electrons. The van der Waals surface area contributed by atoms with Gasteiger partial charge in [-0.05, 0) is 67.1 Å². The highest BCUT2D eigenvalue weighted by Gasteiger charge is 2.16. The summed E-state index contributed by atoms with van der Waals surface area (Å²) in [4.78, 5) is 19.7. The summed E-state index contributed by atoms with van der Waals surface area (Å²) >= 11 is 0. The van der Waals surface area contributed by atoms with Crippen molar-refractivity contribution in [1.29, 1.82) is 0 Å². The first-order valence-corrected chi connectivity index (χ1v) is 12.8. The highest BCUT2D eigenvalue weighted by molar-refractivity contribution is 7.92. The SMILES string of the molecule is Cc1cc(NS(=O)(=O)c2ccc(Nc3nc(/C=C/c4ccc([N+](=O)[O-])cc4)nc4ccccc34)cc2)no1. The monoisotopic (exact) mass is 528 g/mol. The molecular formula is C26H20N6O5S. The Labute approximate surface area is 217 Å². The number of nitrogens with one attached hydrogen (secondary N) is 2. The maximum atomic E-state index is 12.7. The van der Waals surface area contributed by atoms with E-state index >= 15 is 0 Å². The molecule has 0 saturated carbocycles. The van der Waals surface area contributed by atoms with Crippen molar-refractivity contribution in [1.82, 2.24) is 15.1 Å². The van der Waals surface area contributed by atoms with Gasteiger partial charge in [0.25, 0.3) is 15.7 Å². The van der Waals surface area contributed by atoms with Crippen LogP contribution in [0.3, 0.4) is 0 Å². The predicted molar refractivity (Wildman–Crippen MR) is 143 cm³/mol. The lowest BCUT2D eigenvalue weighted by molar-refractivity contribution is -0.384. The number of aromatic nitrogens is 3. The molecule has 11 nitrogen and oxygen atoms in total. The molecular weight excluding hydrogens is 508 g/mol. The van der Waals surface area contributed by atoms with Gasteiger partial charge in [0.05, 0.1) is 15.3 Å². The maximum absolute atomic E-state index is 12.7. The molecule has 0 spiro atoms. The van der Waals surface area contributed by atoms with Crippen LogP contribution in [-0.2, 0) is 10.0 Å². The summed E-state index contributed by atoms with van der Waals surface area (Å²) in [6.45, 7) is 1.67. The van der Waals surface area contributed by atoms with Crippen molar-refractivity contribution in [2.75, 3.05) is 10.0 Å². The van der Waals surface area contributed by atoms with E-state index in [2.05, 4.69) is 25.2 Å². The molecule has 0 bridgehead atoms. The Morgan fingerprint density at radius 1 is 0.947 bits per heavy atom. The highest BCUT2D eigenvalue weighted by atomic mass is 32.2. The van der Waals surface area contributed by atoms with Crippen LogP contribution in [0, 0.1) is 17.0 Å².